The minimum absolute atomic E-state index is 0.0984. The van der Waals surface area contributed by atoms with Crippen molar-refractivity contribution in [1.82, 2.24) is 0 Å². The van der Waals surface area contributed by atoms with Crippen LogP contribution in [0.1, 0.15) is 17.2 Å². The highest BCUT2D eigenvalue weighted by Crippen LogP contribution is 2.26. The van der Waals surface area contributed by atoms with Crippen LogP contribution in [0.3, 0.4) is 0 Å². The van der Waals surface area contributed by atoms with Crippen molar-refractivity contribution in [2.24, 2.45) is 0 Å². The second kappa shape index (κ2) is 4.43. The second-order valence-corrected chi connectivity index (χ2v) is 4.35. The average molecular weight is 257 g/mol. The lowest BCUT2D eigenvalue weighted by molar-refractivity contribution is -0.0903. The van der Waals surface area contributed by atoms with Gasteiger partial charge in [-0.2, -0.15) is 0 Å². The Kier molecular flexibility index (Phi) is 3.21. The summed E-state index contributed by atoms with van der Waals surface area (Å²) in [6.45, 7) is 4.16. The van der Waals surface area contributed by atoms with Crippen molar-refractivity contribution in [2.75, 3.05) is 19.8 Å². The molecule has 2 nitrogen and oxygen atoms in total. The topological polar surface area (TPSA) is 18.5 Å². The number of hydrogen-bond acceptors (Lipinski definition) is 2. The molecule has 0 saturated carbocycles. The minimum atomic E-state index is 0.0984. The molecule has 76 valence electrons. The molecular formula is C11H13BrO2. The maximum absolute atomic E-state index is 5.65. The van der Waals surface area contributed by atoms with E-state index in [0.717, 1.165) is 4.47 Å². The van der Waals surface area contributed by atoms with Gasteiger partial charge in [0.25, 0.3) is 0 Å². The number of rotatable bonds is 1. The fourth-order valence-electron chi connectivity index (χ4n) is 1.63. The van der Waals surface area contributed by atoms with Crippen molar-refractivity contribution in [2.45, 2.75) is 13.0 Å². The summed E-state index contributed by atoms with van der Waals surface area (Å²) in [5.74, 6) is 0. The molecule has 0 amide bonds. The van der Waals surface area contributed by atoms with E-state index < -0.39 is 0 Å². The van der Waals surface area contributed by atoms with E-state index in [9.17, 15) is 0 Å². The molecule has 0 bridgehead atoms. The first-order valence-electron chi connectivity index (χ1n) is 4.73. The first kappa shape index (κ1) is 10.1. The maximum Gasteiger partial charge on any atom is 0.106 e. The van der Waals surface area contributed by atoms with Crippen LogP contribution in [0.4, 0.5) is 0 Å². The summed E-state index contributed by atoms with van der Waals surface area (Å²) in [5, 5.41) is 0. The Balaban J connectivity index is 2.24. The van der Waals surface area contributed by atoms with Crippen molar-refractivity contribution in [3.63, 3.8) is 0 Å². The van der Waals surface area contributed by atoms with E-state index in [1.165, 1.54) is 11.1 Å². The molecule has 14 heavy (non-hydrogen) atoms. The number of benzene rings is 1. The highest BCUT2D eigenvalue weighted by molar-refractivity contribution is 9.10. The molecule has 1 unspecified atom stereocenters. The predicted molar refractivity (Wildman–Crippen MR) is 58.4 cm³/mol. The Morgan fingerprint density at radius 3 is 2.93 bits per heavy atom. The highest BCUT2D eigenvalue weighted by atomic mass is 79.9. The third kappa shape index (κ3) is 2.16. The molecule has 0 radical (unpaired) electrons. The smallest absolute Gasteiger partial charge is 0.106 e. The number of aryl methyl sites for hydroxylation is 1. The van der Waals surface area contributed by atoms with E-state index in [1.807, 2.05) is 6.07 Å². The van der Waals surface area contributed by atoms with Crippen LogP contribution in [0.25, 0.3) is 0 Å². The predicted octanol–water partition coefficient (Wildman–Crippen LogP) is 2.85. The summed E-state index contributed by atoms with van der Waals surface area (Å²) < 4.78 is 12.1. The van der Waals surface area contributed by atoms with Gasteiger partial charge >= 0.3 is 0 Å². The Morgan fingerprint density at radius 1 is 1.36 bits per heavy atom. The van der Waals surface area contributed by atoms with Crippen LogP contribution in [-0.2, 0) is 9.47 Å². The Morgan fingerprint density at radius 2 is 2.21 bits per heavy atom. The molecule has 0 spiro atoms. The summed E-state index contributed by atoms with van der Waals surface area (Å²) in [4.78, 5) is 0. The summed E-state index contributed by atoms with van der Waals surface area (Å²) >= 11 is 3.47. The summed E-state index contributed by atoms with van der Waals surface area (Å²) in [5.41, 5.74) is 2.47. The molecule has 1 aromatic rings. The second-order valence-electron chi connectivity index (χ2n) is 3.44. The van der Waals surface area contributed by atoms with Crippen LogP contribution < -0.4 is 0 Å². The van der Waals surface area contributed by atoms with Gasteiger partial charge in [-0.1, -0.05) is 22.0 Å². The van der Waals surface area contributed by atoms with Crippen LogP contribution in [0.15, 0.2) is 22.7 Å². The largest absolute Gasteiger partial charge is 0.376 e. The molecule has 1 atom stereocenters. The highest BCUT2D eigenvalue weighted by Gasteiger charge is 2.18. The molecule has 0 aliphatic carbocycles. The molecule has 1 fully saturated rings. The van der Waals surface area contributed by atoms with Gasteiger partial charge in [0.2, 0.25) is 0 Å². The van der Waals surface area contributed by atoms with E-state index in [4.69, 9.17) is 9.47 Å². The van der Waals surface area contributed by atoms with Crippen LogP contribution >= 0.6 is 15.9 Å². The quantitative estimate of drug-likeness (QED) is 0.770. The first-order valence-corrected chi connectivity index (χ1v) is 5.52. The number of halogens is 1. The molecule has 1 saturated heterocycles. The third-order valence-electron chi connectivity index (χ3n) is 2.40. The molecular weight excluding hydrogens is 244 g/mol. The Hall–Kier alpha value is -0.380. The van der Waals surface area contributed by atoms with Crippen molar-refractivity contribution in [3.8, 4) is 0 Å². The van der Waals surface area contributed by atoms with Crippen LogP contribution in [0.5, 0.6) is 0 Å². The molecule has 0 aromatic heterocycles. The van der Waals surface area contributed by atoms with E-state index in [0.29, 0.717) is 19.8 Å². The standard InChI is InChI=1S/C11H13BrO2/c1-8-2-3-9(12)6-10(8)11-7-13-4-5-14-11/h2-3,6,11H,4-5,7H2,1H3. The van der Waals surface area contributed by atoms with Gasteiger partial charge in [0, 0.05) is 4.47 Å². The van der Waals surface area contributed by atoms with Gasteiger partial charge in [-0.15, -0.1) is 0 Å². The van der Waals surface area contributed by atoms with Crippen molar-refractivity contribution in [3.05, 3.63) is 33.8 Å². The van der Waals surface area contributed by atoms with Crippen molar-refractivity contribution in [1.29, 1.82) is 0 Å². The Bertz CT molecular complexity index is 319. The normalized spacial score (nSPS) is 22.3. The molecule has 1 aliphatic heterocycles. The van der Waals surface area contributed by atoms with E-state index >= 15 is 0 Å². The van der Waals surface area contributed by atoms with E-state index in [1.54, 1.807) is 0 Å². The lowest BCUT2D eigenvalue weighted by Gasteiger charge is -2.24. The Labute approximate surface area is 92.3 Å². The van der Waals surface area contributed by atoms with Crippen LogP contribution in [0, 0.1) is 6.92 Å². The molecule has 0 N–H and O–H groups in total. The van der Waals surface area contributed by atoms with Gasteiger partial charge in [0.15, 0.2) is 0 Å². The molecule has 1 aromatic carbocycles. The summed E-state index contributed by atoms with van der Waals surface area (Å²) in [6, 6.07) is 6.24. The first-order chi connectivity index (χ1) is 6.77. The van der Waals surface area contributed by atoms with Crippen LogP contribution in [0.2, 0.25) is 0 Å². The molecule has 2 rings (SSSR count). The lowest BCUT2D eigenvalue weighted by Crippen LogP contribution is -2.22. The summed E-state index contributed by atoms with van der Waals surface area (Å²) in [7, 11) is 0. The monoisotopic (exact) mass is 256 g/mol. The maximum atomic E-state index is 5.65. The lowest BCUT2D eigenvalue weighted by atomic mass is 10.0. The van der Waals surface area contributed by atoms with Crippen molar-refractivity contribution >= 4 is 15.9 Å². The number of hydrogen-bond donors (Lipinski definition) is 0. The van der Waals surface area contributed by atoms with Gasteiger partial charge in [-0.25, -0.2) is 0 Å². The zero-order valence-electron chi connectivity index (χ0n) is 8.13. The van der Waals surface area contributed by atoms with Crippen LogP contribution in [-0.4, -0.2) is 19.8 Å². The minimum Gasteiger partial charge on any atom is -0.376 e. The third-order valence-corrected chi connectivity index (χ3v) is 2.90. The molecule has 3 heteroatoms. The number of ether oxygens (including phenoxy) is 2. The van der Waals surface area contributed by atoms with Gasteiger partial charge in [0.05, 0.1) is 19.8 Å². The van der Waals surface area contributed by atoms with Gasteiger partial charge < -0.3 is 9.47 Å². The van der Waals surface area contributed by atoms with Gasteiger partial charge in [0.1, 0.15) is 6.10 Å². The summed E-state index contributed by atoms with van der Waals surface area (Å²) in [6.07, 6.45) is 0.0984. The zero-order valence-corrected chi connectivity index (χ0v) is 9.71. The molecule has 1 aliphatic rings. The van der Waals surface area contributed by atoms with E-state index in [-0.39, 0.29) is 6.10 Å². The van der Waals surface area contributed by atoms with Crippen molar-refractivity contribution < 1.29 is 9.47 Å². The van der Waals surface area contributed by atoms with Gasteiger partial charge in [-0.05, 0) is 30.2 Å². The average Bonchev–Trinajstić information content (AvgIpc) is 2.23. The zero-order chi connectivity index (χ0) is 9.97. The fourth-order valence-corrected chi connectivity index (χ4v) is 2.00. The molecule has 1 heterocycles. The SMILES string of the molecule is Cc1ccc(Br)cc1C1COCCO1. The van der Waals surface area contributed by atoms with Gasteiger partial charge in [-0.3, -0.25) is 0 Å². The van der Waals surface area contributed by atoms with E-state index in [2.05, 4.69) is 35.0 Å². The fraction of sp³-hybridized carbons (Fsp3) is 0.455.